The van der Waals surface area contributed by atoms with Gasteiger partial charge in [0.25, 0.3) is 0 Å². The zero-order valence-electron chi connectivity index (χ0n) is 15.2. The zero-order valence-corrected chi connectivity index (χ0v) is 15.2. The lowest BCUT2D eigenvalue weighted by Crippen LogP contribution is -1.94. The molecule has 0 bridgehead atoms. The van der Waals surface area contributed by atoms with Crippen molar-refractivity contribution in [1.82, 2.24) is 0 Å². The maximum absolute atomic E-state index is 2.27. The van der Waals surface area contributed by atoms with Gasteiger partial charge in [-0.25, -0.2) is 0 Å². The van der Waals surface area contributed by atoms with Crippen molar-refractivity contribution in [2.45, 2.75) is 54.4 Å². The van der Waals surface area contributed by atoms with Crippen molar-refractivity contribution < 1.29 is 0 Å². The van der Waals surface area contributed by atoms with Gasteiger partial charge in [-0.3, -0.25) is 0 Å². The monoisotopic (exact) mass is 296 g/mol. The van der Waals surface area contributed by atoms with Crippen LogP contribution in [0.15, 0.2) is 48.5 Å². The maximum Gasteiger partial charge on any atom is -0.0184 e. The van der Waals surface area contributed by atoms with Crippen molar-refractivity contribution in [3.8, 4) is 11.1 Å². The molecule has 0 aliphatic heterocycles. The highest BCUT2D eigenvalue weighted by Crippen LogP contribution is 2.22. The molecule has 22 heavy (non-hydrogen) atoms. The van der Waals surface area contributed by atoms with Gasteiger partial charge in [0, 0.05) is 0 Å². The van der Waals surface area contributed by atoms with Gasteiger partial charge in [0.15, 0.2) is 0 Å². The molecule has 0 heterocycles. The first-order chi connectivity index (χ1) is 10.5. The van der Waals surface area contributed by atoms with E-state index in [0.29, 0.717) is 0 Å². The predicted molar refractivity (Wildman–Crippen MR) is 100 cm³/mol. The lowest BCUT2D eigenvalue weighted by Gasteiger charge is -2.08. The van der Waals surface area contributed by atoms with Crippen molar-refractivity contribution in [1.29, 1.82) is 0 Å². The van der Waals surface area contributed by atoms with Crippen molar-refractivity contribution in [2.24, 2.45) is 11.8 Å². The molecule has 0 spiro atoms. The molecule has 0 aliphatic carbocycles. The molecule has 0 amide bonds. The van der Waals surface area contributed by atoms with Crippen LogP contribution in [0.1, 0.15) is 52.7 Å². The van der Waals surface area contributed by atoms with Crippen LogP contribution in [-0.4, -0.2) is 0 Å². The minimum Gasteiger partial charge on any atom is -0.0683 e. The topological polar surface area (TPSA) is 0 Å². The Hall–Kier alpha value is -1.56. The first-order valence-corrected chi connectivity index (χ1v) is 8.73. The number of hydrogen-bond donors (Lipinski definition) is 0. The third-order valence-corrected chi connectivity index (χ3v) is 3.53. The summed E-state index contributed by atoms with van der Waals surface area (Å²) in [4.78, 5) is 0. The highest BCUT2D eigenvalue weighted by atomic mass is 14.1. The fourth-order valence-electron chi connectivity index (χ4n) is 2.61. The third-order valence-electron chi connectivity index (χ3n) is 3.53. The van der Waals surface area contributed by atoms with Crippen LogP contribution in [0.3, 0.4) is 0 Å². The zero-order chi connectivity index (χ0) is 16.5. The van der Waals surface area contributed by atoms with Crippen LogP contribution >= 0.6 is 0 Å². The second-order valence-electron chi connectivity index (χ2n) is 6.59. The fourth-order valence-corrected chi connectivity index (χ4v) is 2.61. The Bertz CT molecular complexity index is 463. The SMILES string of the molecule is CC.CC(C)Cc1ccc(-c2ccc(CC(C)C)cc2)cc1. The Balaban J connectivity index is 0.00000116. The van der Waals surface area contributed by atoms with E-state index in [2.05, 4.69) is 76.2 Å². The van der Waals surface area contributed by atoms with Crippen molar-refractivity contribution in [2.75, 3.05) is 0 Å². The summed E-state index contributed by atoms with van der Waals surface area (Å²) in [5.41, 5.74) is 5.49. The van der Waals surface area contributed by atoms with E-state index >= 15 is 0 Å². The molecule has 120 valence electrons. The Labute approximate surface area is 137 Å². The van der Waals surface area contributed by atoms with E-state index in [1.165, 1.54) is 22.3 Å². The third kappa shape index (κ3) is 6.05. The summed E-state index contributed by atoms with van der Waals surface area (Å²) in [6.45, 7) is 13.1. The summed E-state index contributed by atoms with van der Waals surface area (Å²) >= 11 is 0. The molecule has 0 saturated carbocycles. The summed E-state index contributed by atoms with van der Waals surface area (Å²) < 4.78 is 0. The average molecular weight is 296 g/mol. The molecule has 0 nitrogen and oxygen atoms in total. The Morgan fingerprint density at radius 2 is 0.818 bits per heavy atom. The quantitative estimate of drug-likeness (QED) is 0.570. The smallest absolute Gasteiger partial charge is 0.0184 e. The van der Waals surface area contributed by atoms with Crippen LogP contribution < -0.4 is 0 Å². The normalized spacial score (nSPS) is 10.5. The fraction of sp³-hybridized carbons (Fsp3) is 0.455. The van der Waals surface area contributed by atoms with Crippen molar-refractivity contribution >= 4 is 0 Å². The molecule has 2 rings (SSSR count). The molecule has 0 fully saturated rings. The average Bonchev–Trinajstić information content (AvgIpc) is 2.50. The highest BCUT2D eigenvalue weighted by Gasteiger charge is 2.02. The summed E-state index contributed by atoms with van der Waals surface area (Å²) in [6.07, 6.45) is 2.32. The van der Waals surface area contributed by atoms with E-state index in [4.69, 9.17) is 0 Å². The van der Waals surface area contributed by atoms with Crippen LogP contribution in [0.25, 0.3) is 11.1 Å². The van der Waals surface area contributed by atoms with Gasteiger partial charge in [-0.2, -0.15) is 0 Å². The Morgan fingerprint density at radius 3 is 1.05 bits per heavy atom. The van der Waals surface area contributed by atoms with E-state index < -0.39 is 0 Å². The molecule has 0 aliphatic rings. The molecular formula is C22H32. The first kappa shape index (κ1) is 18.5. The van der Waals surface area contributed by atoms with E-state index in [1.807, 2.05) is 13.8 Å². The standard InChI is InChI=1S/C20H26.C2H6/c1-15(2)13-17-5-9-19(10-6-17)20-11-7-18(8-12-20)14-16(3)4;1-2/h5-12,15-16H,13-14H2,1-4H3;1-2H3. The van der Waals surface area contributed by atoms with Crippen molar-refractivity contribution in [3.63, 3.8) is 0 Å². The first-order valence-electron chi connectivity index (χ1n) is 8.73. The van der Waals surface area contributed by atoms with Crippen LogP contribution in [0.4, 0.5) is 0 Å². The van der Waals surface area contributed by atoms with Gasteiger partial charge in [-0.1, -0.05) is 90.1 Å². The van der Waals surface area contributed by atoms with Crippen LogP contribution in [-0.2, 0) is 12.8 Å². The minimum atomic E-state index is 0.719. The molecule has 0 radical (unpaired) electrons. The Kier molecular flexibility index (Phi) is 7.95. The van der Waals surface area contributed by atoms with E-state index in [0.717, 1.165) is 24.7 Å². The van der Waals surface area contributed by atoms with E-state index in [1.54, 1.807) is 0 Å². The lowest BCUT2D eigenvalue weighted by atomic mass is 9.97. The summed E-state index contributed by atoms with van der Waals surface area (Å²) in [5.74, 6) is 1.44. The number of rotatable bonds is 5. The van der Waals surface area contributed by atoms with E-state index in [9.17, 15) is 0 Å². The molecular weight excluding hydrogens is 264 g/mol. The van der Waals surface area contributed by atoms with Gasteiger partial charge in [0.05, 0.1) is 0 Å². The summed E-state index contributed by atoms with van der Waals surface area (Å²) in [5, 5.41) is 0. The Morgan fingerprint density at radius 1 is 0.545 bits per heavy atom. The van der Waals surface area contributed by atoms with Crippen LogP contribution in [0.2, 0.25) is 0 Å². The number of hydrogen-bond acceptors (Lipinski definition) is 0. The van der Waals surface area contributed by atoms with Gasteiger partial charge in [-0.05, 0) is 46.9 Å². The predicted octanol–water partition coefficient (Wildman–Crippen LogP) is 6.78. The molecule has 2 aromatic carbocycles. The summed E-state index contributed by atoms with van der Waals surface area (Å²) in [6, 6.07) is 18.0. The minimum absolute atomic E-state index is 0.719. The molecule has 0 unspecified atom stereocenters. The maximum atomic E-state index is 2.27. The van der Waals surface area contributed by atoms with Crippen LogP contribution in [0.5, 0.6) is 0 Å². The number of benzene rings is 2. The molecule has 0 aromatic heterocycles. The van der Waals surface area contributed by atoms with Crippen LogP contribution in [0, 0.1) is 11.8 Å². The molecule has 0 atom stereocenters. The highest BCUT2D eigenvalue weighted by molar-refractivity contribution is 5.64. The van der Waals surface area contributed by atoms with Gasteiger partial charge in [-0.15, -0.1) is 0 Å². The van der Waals surface area contributed by atoms with Gasteiger partial charge < -0.3 is 0 Å². The second kappa shape index (κ2) is 9.46. The largest absolute Gasteiger partial charge is 0.0683 e. The van der Waals surface area contributed by atoms with Crippen molar-refractivity contribution in [3.05, 3.63) is 59.7 Å². The van der Waals surface area contributed by atoms with Gasteiger partial charge in [0.1, 0.15) is 0 Å². The lowest BCUT2D eigenvalue weighted by molar-refractivity contribution is 0.647. The van der Waals surface area contributed by atoms with Gasteiger partial charge in [0.2, 0.25) is 0 Å². The van der Waals surface area contributed by atoms with E-state index in [-0.39, 0.29) is 0 Å². The van der Waals surface area contributed by atoms with Gasteiger partial charge >= 0.3 is 0 Å². The molecule has 2 aromatic rings. The molecule has 0 N–H and O–H groups in total. The summed E-state index contributed by atoms with van der Waals surface area (Å²) in [7, 11) is 0. The molecule has 0 saturated heterocycles. The molecule has 0 heteroatoms. The second-order valence-corrected chi connectivity index (χ2v) is 6.59.